The van der Waals surface area contributed by atoms with Crippen molar-refractivity contribution in [3.8, 4) is 66.8 Å². The average Bonchev–Trinajstić information content (AvgIpc) is 1.63. The zero-order valence-electron chi connectivity index (χ0n) is 88.3. The fourth-order valence-electron chi connectivity index (χ4n) is 21.6. The Bertz CT molecular complexity index is 6490. The summed E-state index contributed by atoms with van der Waals surface area (Å²) in [5.74, 6) is 0. The van der Waals surface area contributed by atoms with Crippen LogP contribution in [-0.4, -0.2) is 0 Å². The van der Waals surface area contributed by atoms with Gasteiger partial charge in [0.15, 0.2) is 0 Å². The van der Waals surface area contributed by atoms with E-state index in [1.165, 1.54) is 240 Å². The largest absolute Gasteiger partial charge is 0.309 e. The molecule has 3 heteroatoms. The Balaban J connectivity index is 0.000000184. The monoisotopic (exact) mass is 1790 g/mol. The van der Waals surface area contributed by atoms with Crippen LogP contribution in [0.15, 0.2) is 273 Å². The van der Waals surface area contributed by atoms with Crippen LogP contribution in [0.1, 0.15) is 341 Å². The lowest BCUT2D eigenvalue weighted by molar-refractivity contribution is 1.01. The lowest BCUT2D eigenvalue weighted by Gasteiger charge is -2.39. The average molecular weight is 1790 g/mol. The highest BCUT2D eigenvalue weighted by Crippen LogP contribution is 2.59. The van der Waals surface area contributed by atoms with Crippen molar-refractivity contribution in [3.63, 3.8) is 0 Å². The van der Waals surface area contributed by atoms with E-state index in [0.29, 0.717) is 0 Å². The molecular formula is C132H159N3. The molecular weight excluding hydrogens is 1630 g/mol. The van der Waals surface area contributed by atoms with Gasteiger partial charge in [0.1, 0.15) is 0 Å². The second-order valence-electron chi connectivity index (χ2n) is 31.6. The standard InChI is InChI=1S/3C34H23N.15C2H6/c1-3-10-28-20(6-1)12-24-15-25-16-26-18-33-27(17-29(26)31(25)19-30(24)28)14-23-9-5-8-22-13-21-7-2-4-11-32(21)35(33)34(22)23;1-3-10-26-20(6-1)16-30-27(26)12-13-28-29-18-25-15-23-9-5-8-22-14-21-7-2-4-11-32(21)35(34(22)23)33(25)19-24(29)17-31(28)30;1-3-10-27-20(6-1)14-22-12-13-28-29-18-26-16-24-9-5-8-23-15-21-7-2-4-11-31(21)35(34(23)24)32(26)19-25(29)17-30(28)33(22)27;15*1-2/h1-11,15,17-19H,12-14,16H2;2*1-13,18-19H,14-17H2;15*1-2H3. The lowest BCUT2D eigenvalue weighted by atomic mass is 9.85. The smallest absolute Gasteiger partial charge is 0.0532 e. The molecule has 0 N–H and O–H groups in total. The number of fused-ring (bicyclic) bond motifs is 32. The Labute approximate surface area is 818 Å². The topological polar surface area (TPSA) is 9.72 Å². The summed E-state index contributed by atoms with van der Waals surface area (Å²) >= 11 is 0. The molecule has 0 unspecified atom stereocenters. The normalized spacial score (nSPS) is 12.3. The summed E-state index contributed by atoms with van der Waals surface area (Å²) in [4.78, 5) is 7.68. The van der Waals surface area contributed by atoms with Gasteiger partial charge >= 0.3 is 0 Å². The number of benzene rings is 15. The highest BCUT2D eigenvalue weighted by Gasteiger charge is 2.40. The second-order valence-corrected chi connectivity index (χ2v) is 31.6. The SMILES string of the molecule is CC.CC.CC.CC.CC.CC.CC.CC.CC.CC.CC.CC.CC.CC.CC.c1ccc2c(c1)Cc1c-2ccc2c1Cc1cc3c(cc1-2)Cc1cccc2c1N3c1ccccc1C2.c1ccc2c(c1)Cc1cc3c(cc1-2)-c1cc2c(cc1C3)N1c3ccccc3Cc3cccc(c31)C2.c1ccc2c(c1)Cc1ccc3c(c1-2)Cc1cc2c(cc1-3)Cc1cccc3c1N2c1ccccc1C3. The van der Waals surface area contributed by atoms with Gasteiger partial charge in [0.2, 0.25) is 0 Å². The second kappa shape index (κ2) is 49.8. The first-order valence-electron chi connectivity index (χ1n) is 53.1. The van der Waals surface area contributed by atoms with E-state index in [1.54, 1.807) is 11.1 Å². The van der Waals surface area contributed by atoms with Crippen LogP contribution >= 0.6 is 0 Å². The van der Waals surface area contributed by atoms with E-state index in [1.807, 2.05) is 208 Å². The third kappa shape index (κ3) is 19.2. The van der Waals surface area contributed by atoms with E-state index >= 15 is 0 Å². The molecule has 135 heavy (non-hydrogen) atoms. The van der Waals surface area contributed by atoms with Crippen LogP contribution in [0, 0.1) is 0 Å². The Morgan fingerprint density at radius 3 is 0.733 bits per heavy atom. The highest BCUT2D eigenvalue weighted by molar-refractivity contribution is 5.99. The van der Waals surface area contributed by atoms with Crippen LogP contribution in [0.25, 0.3) is 66.8 Å². The molecule has 27 rings (SSSR count). The van der Waals surface area contributed by atoms with Gasteiger partial charge in [-0.25, -0.2) is 0 Å². The first kappa shape index (κ1) is 105. The van der Waals surface area contributed by atoms with Crippen LogP contribution in [0.5, 0.6) is 0 Å². The van der Waals surface area contributed by atoms with Gasteiger partial charge < -0.3 is 14.7 Å². The number of para-hydroxylation sites is 6. The van der Waals surface area contributed by atoms with Crippen LogP contribution in [0.3, 0.4) is 0 Å². The molecule has 0 amide bonds. The first-order valence-corrected chi connectivity index (χ1v) is 53.1. The van der Waals surface area contributed by atoms with Crippen molar-refractivity contribution < 1.29 is 0 Å². The van der Waals surface area contributed by atoms with E-state index in [0.717, 1.165) is 77.0 Å². The molecule has 15 aromatic carbocycles. The van der Waals surface area contributed by atoms with Crippen LogP contribution in [0.4, 0.5) is 51.2 Å². The molecule has 0 radical (unpaired) electrons. The van der Waals surface area contributed by atoms with Crippen molar-refractivity contribution in [1.29, 1.82) is 0 Å². The Kier molecular flexibility index (Phi) is 38.6. The number of hydrogen-bond donors (Lipinski definition) is 0. The van der Waals surface area contributed by atoms with Crippen LogP contribution in [0.2, 0.25) is 0 Å². The van der Waals surface area contributed by atoms with E-state index in [2.05, 4.69) is 288 Å². The molecule has 6 aliphatic carbocycles. The summed E-state index contributed by atoms with van der Waals surface area (Å²) in [6.07, 6.45) is 12.4. The Morgan fingerprint density at radius 1 is 0.126 bits per heavy atom. The third-order valence-corrected chi connectivity index (χ3v) is 26.1. The third-order valence-electron chi connectivity index (χ3n) is 26.1. The van der Waals surface area contributed by atoms with Gasteiger partial charge in [0, 0.05) is 55.6 Å². The van der Waals surface area contributed by atoms with Gasteiger partial charge in [-0.1, -0.05) is 420 Å². The van der Waals surface area contributed by atoms with Crippen molar-refractivity contribution in [3.05, 3.63) is 407 Å². The molecule has 0 fully saturated rings. The fraction of sp³-hybridized carbons (Fsp3) is 0.318. The number of rotatable bonds is 0. The van der Waals surface area contributed by atoms with Crippen molar-refractivity contribution in [2.45, 2.75) is 285 Å². The summed E-state index contributed by atoms with van der Waals surface area (Å²) in [5.41, 5.74) is 65.0. The van der Waals surface area contributed by atoms with Gasteiger partial charge in [0.25, 0.3) is 0 Å². The molecule has 0 atom stereocenters. The van der Waals surface area contributed by atoms with Gasteiger partial charge in [-0.15, -0.1) is 0 Å². The predicted octanol–water partition coefficient (Wildman–Crippen LogP) is 39.7. The Morgan fingerprint density at radius 2 is 0.348 bits per heavy atom. The van der Waals surface area contributed by atoms with E-state index in [-0.39, 0.29) is 0 Å². The zero-order chi connectivity index (χ0) is 98.0. The lowest BCUT2D eigenvalue weighted by Crippen LogP contribution is -2.24. The quantitative estimate of drug-likeness (QED) is 0.150. The number of hydrogen-bond acceptors (Lipinski definition) is 3. The van der Waals surface area contributed by atoms with E-state index in [4.69, 9.17) is 0 Å². The van der Waals surface area contributed by atoms with Crippen molar-refractivity contribution >= 4 is 51.2 Å². The van der Waals surface area contributed by atoms with Gasteiger partial charge in [0.05, 0.1) is 34.1 Å². The van der Waals surface area contributed by atoms with Gasteiger partial charge in [-0.2, -0.15) is 0 Å². The molecule has 0 bridgehead atoms. The molecule has 6 heterocycles. The molecule has 0 saturated carbocycles. The summed E-state index contributed by atoms with van der Waals surface area (Å²) < 4.78 is 0. The molecule has 702 valence electrons. The molecule has 0 aromatic heterocycles. The first-order chi connectivity index (χ1) is 67.0. The molecule has 3 nitrogen and oxygen atoms in total. The van der Waals surface area contributed by atoms with Crippen molar-refractivity contribution in [2.75, 3.05) is 14.7 Å². The summed E-state index contributed by atoms with van der Waals surface area (Å²) in [5, 5.41) is 0. The predicted molar refractivity (Wildman–Crippen MR) is 600 cm³/mol. The summed E-state index contributed by atoms with van der Waals surface area (Å²) in [6, 6.07) is 104. The van der Waals surface area contributed by atoms with E-state index in [9.17, 15) is 0 Å². The highest BCUT2D eigenvalue weighted by atomic mass is 15.2. The fourth-order valence-corrected chi connectivity index (χ4v) is 21.6. The van der Waals surface area contributed by atoms with Gasteiger partial charge in [-0.3, -0.25) is 0 Å². The maximum Gasteiger partial charge on any atom is 0.0532 e. The zero-order valence-corrected chi connectivity index (χ0v) is 88.3. The summed E-state index contributed by atoms with van der Waals surface area (Å²) in [7, 11) is 0. The maximum absolute atomic E-state index is 2.56. The molecule has 12 aliphatic rings. The molecule has 6 aliphatic heterocycles. The Hall–Kier alpha value is -12.3. The minimum Gasteiger partial charge on any atom is -0.309 e. The summed E-state index contributed by atoms with van der Waals surface area (Å²) in [6.45, 7) is 60.0. The van der Waals surface area contributed by atoms with Gasteiger partial charge in [-0.05, 0) is 299 Å². The van der Waals surface area contributed by atoms with Crippen molar-refractivity contribution in [2.24, 2.45) is 0 Å². The van der Waals surface area contributed by atoms with E-state index < -0.39 is 0 Å². The molecule has 0 saturated heterocycles. The van der Waals surface area contributed by atoms with Crippen LogP contribution < -0.4 is 14.7 Å². The minimum atomic E-state index is 1.01. The molecule has 0 spiro atoms. The van der Waals surface area contributed by atoms with Crippen molar-refractivity contribution in [1.82, 2.24) is 0 Å². The maximum atomic E-state index is 2.56. The molecule has 15 aromatic rings. The minimum absolute atomic E-state index is 1.01. The number of anilines is 9. The van der Waals surface area contributed by atoms with Crippen LogP contribution in [-0.2, 0) is 77.0 Å². The number of nitrogens with zero attached hydrogens (tertiary/aromatic N) is 3.